The average molecular weight is 236 g/mol. The summed E-state index contributed by atoms with van der Waals surface area (Å²) in [4.78, 5) is 13.7. The van der Waals surface area contributed by atoms with Crippen molar-refractivity contribution in [2.75, 3.05) is 24.3 Å². The lowest BCUT2D eigenvalue weighted by Crippen LogP contribution is -2.37. The Morgan fingerprint density at radius 3 is 3.12 bits per heavy atom. The van der Waals surface area contributed by atoms with Crippen LogP contribution >= 0.6 is 11.8 Å². The van der Waals surface area contributed by atoms with Crippen LogP contribution in [0.4, 0.5) is 5.69 Å². The summed E-state index contributed by atoms with van der Waals surface area (Å²) in [6, 6.07) is 5.98. The predicted octanol–water partition coefficient (Wildman–Crippen LogP) is 1.52. The summed E-state index contributed by atoms with van der Waals surface area (Å²) in [5.74, 6) is 0.767. The highest BCUT2D eigenvalue weighted by molar-refractivity contribution is 7.99. The van der Waals surface area contributed by atoms with Crippen molar-refractivity contribution in [2.45, 2.75) is 13.0 Å². The molecule has 0 saturated carbocycles. The Morgan fingerprint density at radius 2 is 2.38 bits per heavy atom. The summed E-state index contributed by atoms with van der Waals surface area (Å²) < 4.78 is 0. The highest BCUT2D eigenvalue weighted by Gasteiger charge is 2.21. The van der Waals surface area contributed by atoms with Crippen molar-refractivity contribution in [3.63, 3.8) is 0 Å². The molecule has 0 aliphatic carbocycles. The maximum absolute atomic E-state index is 11.8. The second-order valence-electron chi connectivity index (χ2n) is 3.98. The Kier molecular flexibility index (Phi) is 3.39. The summed E-state index contributed by atoms with van der Waals surface area (Å²) in [7, 11) is 0. The number of amides is 1. The molecule has 16 heavy (non-hydrogen) atoms. The third-order valence-electron chi connectivity index (χ3n) is 2.93. The van der Waals surface area contributed by atoms with Gasteiger partial charge < -0.3 is 10.6 Å². The summed E-state index contributed by atoms with van der Waals surface area (Å²) >= 11 is 1.57. The van der Waals surface area contributed by atoms with Crippen molar-refractivity contribution < 1.29 is 4.79 Å². The number of carbonyl (C=O) groups is 1. The molecular weight excluding hydrogens is 220 g/mol. The van der Waals surface area contributed by atoms with Gasteiger partial charge in [-0.25, -0.2) is 0 Å². The second-order valence-corrected chi connectivity index (χ2v) is 4.85. The fraction of sp³-hybridized carbons (Fsp3) is 0.417. The third-order valence-corrected chi connectivity index (χ3v) is 3.47. The van der Waals surface area contributed by atoms with E-state index in [1.54, 1.807) is 11.8 Å². The molecule has 0 aromatic heterocycles. The molecule has 1 amide bonds. The first-order valence-electron chi connectivity index (χ1n) is 5.35. The van der Waals surface area contributed by atoms with E-state index in [-0.39, 0.29) is 5.91 Å². The van der Waals surface area contributed by atoms with Gasteiger partial charge in [-0.05, 0) is 29.9 Å². The molecular formula is C12H16N2OS. The summed E-state index contributed by atoms with van der Waals surface area (Å²) in [5, 5.41) is 0. The van der Waals surface area contributed by atoms with Gasteiger partial charge >= 0.3 is 0 Å². The molecule has 1 aliphatic heterocycles. The number of nitrogen functional groups attached to an aromatic ring is 1. The highest BCUT2D eigenvalue weighted by atomic mass is 32.2. The van der Waals surface area contributed by atoms with Crippen LogP contribution in [-0.2, 0) is 17.8 Å². The molecule has 2 rings (SSSR count). The van der Waals surface area contributed by atoms with Gasteiger partial charge in [-0.2, -0.15) is 11.8 Å². The van der Waals surface area contributed by atoms with Crippen LogP contribution in [0.1, 0.15) is 11.1 Å². The molecule has 0 atom stereocenters. The van der Waals surface area contributed by atoms with Gasteiger partial charge in [0.05, 0.1) is 5.75 Å². The highest BCUT2D eigenvalue weighted by Crippen LogP contribution is 2.24. The van der Waals surface area contributed by atoms with Crippen LogP contribution in [0.25, 0.3) is 0 Å². The standard InChI is InChI=1S/C12H16N2OS/c1-16-8-12(15)14-6-5-9-3-2-4-11(13)10(9)7-14/h2-4H,5-8,13H2,1H3. The zero-order valence-corrected chi connectivity index (χ0v) is 10.2. The van der Waals surface area contributed by atoms with Crippen LogP contribution in [0.5, 0.6) is 0 Å². The minimum absolute atomic E-state index is 0.210. The van der Waals surface area contributed by atoms with E-state index in [0.717, 1.165) is 24.2 Å². The van der Waals surface area contributed by atoms with Crippen molar-refractivity contribution in [3.8, 4) is 0 Å². The van der Waals surface area contributed by atoms with Gasteiger partial charge in [0.2, 0.25) is 5.91 Å². The van der Waals surface area contributed by atoms with E-state index in [1.807, 2.05) is 23.3 Å². The first-order chi connectivity index (χ1) is 7.72. The molecule has 3 nitrogen and oxygen atoms in total. The lowest BCUT2D eigenvalue weighted by molar-refractivity contribution is -0.129. The Bertz CT molecular complexity index is 406. The van der Waals surface area contributed by atoms with Crippen LogP contribution in [0.2, 0.25) is 0 Å². The van der Waals surface area contributed by atoms with Gasteiger partial charge in [0.25, 0.3) is 0 Å². The Balaban J connectivity index is 2.17. The van der Waals surface area contributed by atoms with Gasteiger partial charge in [0, 0.05) is 18.8 Å². The maximum Gasteiger partial charge on any atom is 0.232 e. The molecule has 1 aromatic rings. The zero-order valence-electron chi connectivity index (χ0n) is 9.40. The lowest BCUT2D eigenvalue weighted by Gasteiger charge is -2.29. The smallest absolute Gasteiger partial charge is 0.232 e. The molecule has 0 bridgehead atoms. The number of hydrogen-bond donors (Lipinski definition) is 1. The van der Waals surface area contributed by atoms with E-state index in [1.165, 1.54) is 5.56 Å². The molecule has 86 valence electrons. The van der Waals surface area contributed by atoms with Gasteiger partial charge in [0.1, 0.15) is 0 Å². The fourth-order valence-corrected chi connectivity index (χ4v) is 2.46. The number of rotatable bonds is 2. The minimum atomic E-state index is 0.210. The first kappa shape index (κ1) is 11.3. The van der Waals surface area contributed by atoms with Gasteiger partial charge in [0.15, 0.2) is 0 Å². The third kappa shape index (κ3) is 2.16. The summed E-state index contributed by atoms with van der Waals surface area (Å²) in [5.41, 5.74) is 9.15. The number of benzene rings is 1. The monoisotopic (exact) mass is 236 g/mol. The quantitative estimate of drug-likeness (QED) is 0.792. The zero-order chi connectivity index (χ0) is 11.5. The number of nitrogens with zero attached hydrogens (tertiary/aromatic N) is 1. The molecule has 0 spiro atoms. The number of carbonyl (C=O) groups excluding carboxylic acids is 1. The van der Waals surface area contributed by atoms with Crippen LogP contribution in [0.3, 0.4) is 0 Å². The van der Waals surface area contributed by atoms with Crippen LogP contribution in [0, 0.1) is 0 Å². The predicted molar refractivity (Wildman–Crippen MR) is 68.4 cm³/mol. The van der Waals surface area contributed by atoms with Crippen molar-refractivity contribution in [1.29, 1.82) is 0 Å². The number of thioether (sulfide) groups is 1. The SMILES string of the molecule is CSCC(=O)N1CCc2cccc(N)c2C1. The maximum atomic E-state index is 11.8. The normalized spacial score (nSPS) is 14.7. The molecule has 2 N–H and O–H groups in total. The van der Waals surface area contributed by atoms with E-state index in [4.69, 9.17) is 5.73 Å². The Hall–Kier alpha value is -1.16. The largest absolute Gasteiger partial charge is 0.398 e. The lowest BCUT2D eigenvalue weighted by atomic mass is 9.98. The van der Waals surface area contributed by atoms with E-state index in [2.05, 4.69) is 6.07 Å². The molecule has 4 heteroatoms. The van der Waals surface area contributed by atoms with Crippen LogP contribution in [-0.4, -0.2) is 29.4 Å². The number of hydrogen-bond acceptors (Lipinski definition) is 3. The van der Waals surface area contributed by atoms with Crippen LogP contribution < -0.4 is 5.73 Å². The van der Waals surface area contributed by atoms with E-state index in [9.17, 15) is 4.79 Å². The topological polar surface area (TPSA) is 46.3 Å². The van der Waals surface area contributed by atoms with E-state index >= 15 is 0 Å². The summed E-state index contributed by atoms with van der Waals surface area (Å²) in [6.07, 6.45) is 2.87. The molecule has 1 aromatic carbocycles. The Morgan fingerprint density at radius 1 is 1.56 bits per heavy atom. The first-order valence-corrected chi connectivity index (χ1v) is 6.74. The van der Waals surface area contributed by atoms with Crippen molar-refractivity contribution >= 4 is 23.4 Å². The van der Waals surface area contributed by atoms with Crippen molar-refractivity contribution in [1.82, 2.24) is 4.90 Å². The van der Waals surface area contributed by atoms with Gasteiger partial charge in [-0.15, -0.1) is 0 Å². The molecule has 0 radical (unpaired) electrons. The molecule has 0 unspecified atom stereocenters. The second kappa shape index (κ2) is 4.78. The van der Waals surface area contributed by atoms with Gasteiger partial charge in [-0.1, -0.05) is 12.1 Å². The van der Waals surface area contributed by atoms with Gasteiger partial charge in [-0.3, -0.25) is 4.79 Å². The number of fused-ring (bicyclic) bond motifs is 1. The Labute approximate surface area is 100.0 Å². The summed E-state index contributed by atoms with van der Waals surface area (Å²) in [6.45, 7) is 1.48. The molecule has 0 fully saturated rings. The van der Waals surface area contributed by atoms with Crippen molar-refractivity contribution in [2.24, 2.45) is 0 Å². The average Bonchev–Trinajstić information content (AvgIpc) is 2.29. The minimum Gasteiger partial charge on any atom is -0.398 e. The number of nitrogens with two attached hydrogens (primary N) is 1. The molecule has 0 saturated heterocycles. The number of anilines is 1. The van der Waals surface area contributed by atoms with E-state index < -0.39 is 0 Å². The fourth-order valence-electron chi connectivity index (χ4n) is 2.03. The molecule has 1 aliphatic rings. The molecule has 1 heterocycles. The van der Waals surface area contributed by atoms with Crippen LogP contribution in [0.15, 0.2) is 18.2 Å². The van der Waals surface area contributed by atoms with E-state index in [0.29, 0.717) is 12.3 Å². The van der Waals surface area contributed by atoms with Crippen molar-refractivity contribution in [3.05, 3.63) is 29.3 Å².